The highest BCUT2D eigenvalue weighted by atomic mass is 15.1. The van der Waals surface area contributed by atoms with E-state index in [0.717, 1.165) is 19.0 Å². The third-order valence-corrected chi connectivity index (χ3v) is 4.58. The molecule has 3 nitrogen and oxygen atoms in total. The molecule has 0 amide bonds. The quantitative estimate of drug-likeness (QED) is 0.753. The Morgan fingerprint density at radius 3 is 2.65 bits per heavy atom. The van der Waals surface area contributed by atoms with Crippen molar-refractivity contribution in [3.05, 3.63) is 18.2 Å². The van der Waals surface area contributed by atoms with E-state index in [-0.39, 0.29) is 0 Å². The van der Waals surface area contributed by atoms with Crippen molar-refractivity contribution in [1.29, 1.82) is 0 Å². The van der Waals surface area contributed by atoms with Crippen molar-refractivity contribution < 1.29 is 0 Å². The van der Waals surface area contributed by atoms with E-state index in [0.29, 0.717) is 6.04 Å². The van der Waals surface area contributed by atoms with E-state index in [4.69, 9.17) is 0 Å². The average Bonchev–Trinajstić information content (AvgIpc) is 2.80. The molecule has 1 fully saturated rings. The van der Waals surface area contributed by atoms with E-state index in [1.807, 2.05) is 6.20 Å². The zero-order valence-corrected chi connectivity index (χ0v) is 13.3. The van der Waals surface area contributed by atoms with E-state index < -0.39 is 0 Å². The zero-order chi connectivity index (χ0) is 14.2. The summed E-state index contributed by atoms with van der Waals surface area (Å²) in [4.78, 5) is 4.63. The van der Waals surface area contributed by atoms with E-state index in [1.54, 1.807) is 0 Å². The van der Waals surface area contributed by atoms with Crippen LogP contribution < -0.4 is 5.32 Å². The molecule has 0 radical (unpaired) electrons. The number of hydrogen-bond donors (Lipinski definition) is 1. The summed E-state index contributed by atoms with van der Waals surface area (Å²) in [6.45, 7) is 6.55. The predicted octanol–water partition coefficient (Wildman–Crippen LogP) is 4.30. The molecule has 1 unspecified atom stereocenters. The van der Waals surface area contributed by atoms with Gasteiger partial charge >= 0.3 is 0 Å². The van der Waals surface area contributed by atoms with Crippen molar-refractivity contribution in [2.75, 3.05) is 6.54 Å². The molecule has 0 spiro atoms. The molecule has 1 aliphatic rings. The summed E-state index contributed by atoms with van der Waals surface area (Å²) in [7, 11) is 0. The lowest BCUT2D eigenvalue weighted by atomic mass is 9.92. The Morgan fingerprint density at radius 2 is 2.00 bits per heavy atom. The molecule has 0 aliphatic heterocycles. The summed E-state index contributed by atoms with van der Waals surface area (Å²) in [6, 6.07) is 0.438. The fourth-order valence-corrected chi connectivity index (χ4v) is 3.43. The Bertz CT molecular complexity index is 364. The van der Waals surface area contributed by atoms with Crippen LogP contribution in [0.5, 0.6) is 0 Å². The number of aromatic nitrogens is 2. The number of nitrogens with one attached hydrogen (secondary N) is 1. The highest BCUT2D eigenvalue weighted by molar-refractivity contribution is 5.00. The van der Waals surface area contributed by atoms with Gasteiger partial charge in [-0.3, -0.25) is 0 Å². The van der Waals surface area contributed by atoms with Crippen LogP contribution in [0.25, 0.3) is 0 Å². The van der Waals surface area contributed by atoms with Gasteiger partial charge in [0.05, 0.1) is 6.04 Å². The van der Waals surface area contributed by atoms with E-state index >= 15 is 0 Å². The molecular formula is C17H31N3. The normalized spacial score (nSPS) is 18.9. The molecule has 1 aromatic heterocycles. The van der Waals surface area contributed by atoms with Crippen molar-refractivity contribution >= 4 is 0 Å². The summed E-state index contributed by atoms with van der Waals surface area (Å²) >= 11 is 0. The van der Waals surface area contributed by atoms with Gasteiger partial charge < -0.3 is 9.88 Å². The first-order valence-corrected chi connectivity index (χ1v) is 8.59. The van der Waals surface area contributed by atoms with E-state index in [2.05, 4.69) is 34.9 Å². The van der Waals surface area contributed by atoms with Crippen LogP contribution in [0, 0.1) is 5.92 Å². The third-order valence-electron chi connectivity index (χ3n) is 4.58. The Hall–Kier alpha value is -0.830. The molecule has 20 heavy (non-hydrogen) atoms. The van der Waals surface area contributed by atoms with Gasteiger partial charge in [-0.1, -0.05) is 45.4 Å². The molecule has 1 aromatic rings. The highest BCUT2D eigenvalue weighted by Gasteiger charge is 2.21. The fraction of sp³-hybridized carbons (Fsp3) is 0.824. The van der Waals surface area contributed by atoms with Gasteiger partial charge in [-0.15, -0.1) is 0 Å². The van der Waals surface area contributed by atoms with Crippen LogP contribution in [0.1, 0.15) is 77.1 Å². The lowest BCUT2D eigenvalue weighted by Gasteiger charge is -2.24. The predicted molar refractivity (Wildman–Crippen MR) is 84.7 cm³/mol. The first-order valence-electron chi connectivity index (χ1n) is 8.59. The molecule has 1 atom stereocenters. The van der Waals surface area contributed by atoms with Crippen molar-refractivity contribution in [1.82, 2.24) is 14.9 Å². The standard InChI is InChI=1S/C17H31N3/c1-3-11-18-16(17-19-12-13-20(17)4-2)14-15-9-7-5-6-8-10-15/h12-13,15-16,18H,3-11,14H2,1-2H3. The summed E-state index contributed by atoms with van der Waals surface area (Å²) in [6.07, 6.45) is 15.1. The monoisotopic (exact) mass is 277 g/mol. The molecule has 1 aliphatic carbocycles. The van der Waals surface area contributed by atoms with Gasteiger partial charge in [-0.25, -0.2) is 4.98 Å². The van der Waals surface area contributed by atoms with Gasteiger partial charge in [-0.2, -0.15) is 0 Å². The second-order valence-electron chi connectivity index (χ2n) is 6.17. The Kier molecular flexibility index (Phi) is 6.58. The maximum absolute atomic E-state index is 4.63. The summed E-state index contributed by atoms with van der Waals surface area (Å²) in [5.41, 5.74) is 0. The van der Waals surface area contributed by atoms with Crippen molar-refractivity contribution in [3.8, 4) is 0 Å². The SMILES string of the molecule is CCCNC(CC1CCCCCC1)c1nccn1CC. The Labute approximate surface area is 124 Å². The fourth-order valence-electron chi connectivity index (χ4n) is 3.43. The molecule has 1 heterocycles. The Balaban J connectivity index is 2.02. The molecule has 0 bridgehead atoms. The maximum Gasteiger partial charge on any atom is 0.125 e. The minimum absolute atomic E-state index is 0.438. The second-order valence-corrected chi connectivity index (χ2v) is 6.17. The number of rotatable bonds is 7. The van der Waals surface area contributed by atoms with Crippen LogP contribution in [-0.4, -0.2) is 16.1 Å². The average molecular weight is 277 g/mol. The molecule has 1 saturated carbocycles. The molecule has 2 rings (SSSR count). The first kappa shape index (κ1) is 15.6. The van der Waals surface area contributed by atoms with Crippen molar-refractivity contribution in [2.24, 2.45) is 5.92 Å². The number of hydrogen-bond acceptors (Lipinski definition) is 2. The lowest BCUT2D eigenvalue weighted by molar-refractivity contribution is 0.341. The maximum atomic E-state index is 4.63. The van der Waals surface area contributed by atoms with Crippen LogP contribution in [0.2, 0.25) is 0 Å². The molecular weight excluding hydrogens is 246 g/mol. The molecule has 1 N–H and O–H groups in total. The van der Waals surface area contributed by atoms with Crippen LogP contribution in [0.15, 0.2) is 12.4 Å². The molecule has 0 saturated heterocycles. The highest BCUT2D eigenvalue weighted by Crippen LogP contribution is 2.30. The van der Waals surface area contributed by atoms with Crippen molar-refractivity contribution in [3.63, 3.8) is 0 Å². The molecule has 0 aromatic carbocycles. The Morgan fingerprint density at radius 1 is 1.25 bits per heavy atom. The van der Waals surface area contributed by atoms with Crippen LogP contribution in [0.4, 0.5) is 0 Å². The number of nitrogens with zero attached hydrogens (tertiary/aromatic N) is 2. The topological polar surface area (TPSA) is 29.9 Å². The van der Waals surface area contributed by atoms with Crippen molar-refractivity contribution in [2.45, 2.75) is 77.8 Å². The van der Waals surface area contributed by atoms with Gasteiger partial charge in [0.2, 0.25) is 0 Å². The van der Waals surface area contributed by atoms with Gasteiger partial charge in [-0.05, 0) is 32.2 Å². The zero-order valence-electron chi connectivity index (χ0n) is 13.3. The van der Waals surface area contributed by atoms with Gasteiger partial charge in [0.25, 0.3) is 0 Å². The van der Waals surface area contributed by atoms with Crippen LogP contribution in [-0.2, 0) is 6.54 Å². The third kappa shape index (κ3) is 4.34. The van der Waals surface area contributed by atoms with Gasteiger partial charge in [0, 0.05) is 18.9 Å². The lowest BCUT2D eigenvalue weighted by Crippen LogP contribution is -2.27. The number of aryl methyl sites for hydroxylation is 1. The molecule has 114 valence electrons. The van der Waals surface area contributed by atoms with Crippen LogP contribution >= 0.6 is 0 Å². The smallest absolute Gasteiger partial charge is 0.125 e. The van der Waals surface area contributed by atoms with Gasteiger partial charge in [0.15, 0.2) is 0 Å². The van der Waals surface area contributed by atoms with E-state index in [1.165, 1.54) is 57.2 Å². The summed E-state index contributed by atoms with van der Waals surface area (Å²) in [5, 5.41) is 3.73. The van der Waals surface area contributed by atoms with E-state index in [9.17, 15) is 0 Å². The molecule has 3 heteroatoms. The summed E-state index contributed by atoms with van der Waals surface area (Å²) < 4.78 is 2.30. The van der Waals surface area contributed by atoms with Crippen LogP contribution in [0.3, 0.4) is 0 Å². The minimum Gasteiger partial charge on any atom is -0.334 e. The minimum atomic E-state index is 0.438. The number of imidazole rings is 1. The second kappa shape index (κ2) is 8.46. The first-order chi connectivity index (χ1) is 9.85. The van der Waals surface area contributed by atoms with Gasteiger partial charge in [0.1, 0.15) is 5.82 Å². The summed E-state index contributed by atoms with van der Waals surface area (Å²) in [5.74, 6) is 2.12. The largest absolute Gasteiger partial charge is 0.334 e.